The minimum absolute atomic E-state index is 0.0978. The van der Waals surface area contributed by atoms with Crippen molar-refractivity contribution in [2.24, 2.45) is 11.8 Å². The Labute approximate surface area is 186 Å². The molecule has 5 atom stereocenters. The van der Waals surface area contributed by atoms with Crippen LogP contribution in [0.3, 0.4) is 0 Å². The summed E-state index contributed by atoms with van der Waals surface area (Å²) in [4.78, 5) is 7.61. The molecule has 2 aromatic rings. The first-order valence-electron chi connectivity index (χ1n) is 12.1. The van der Waals surface area contributed by atoms with E-state index in [1.807, 2.05) is 6.07 Å². The summed E-state index contributed by atoms with van der Waals surface area (Å²) < 4.78 is 5.52. The van der Waals surface area contributed by atoms with Crippen molar-refractivity contribution in [3.63, 3.8) is 0 Å². The molecule has 0 spiro atoms. The van der Waals surface area contributed by atoms with Crippen molar-refractivity contribution in [2.75, 3.05) is 20.2 Å². The Balaban J connectivity index is 1.58. The molecule has 31 heavy (non-hydrogen) atoms. The zero-order valence-corrected chi connectivity index (χ0v) is 19.0. The molecular weight excluding hydrogens is 384 g/mol. The zero-order valence-electron chi connectivity index (χ0n) is 19.0. The number of benzene rings is 1. The van der Waals surface area contributed by atoms with E-state index in [4.69, 9.17) is 9.72 Å². The number of aliphatic hydroxyl groups excluding tert-OH is 1. The molecule has 2 bridgehead atoms. The summed E-state index contributed by atoms with van der Waals surface area (Å²) in [5.74, 6) is 2.01. The Bertz CT molecular complexity index is 965. The number of methoxy groups -OCH3 is 1. The Morgan fingerprint density at radius 3 is 2.74 bits per heavy atom. The lowest BCUT2D eigenvalue weighted by Gasteiger charge is -2.50. The van der Waals surface area contributed by atoms with E-state index >= 15 is 0 Å². The van der Waals surface area contributed by atoms with Crippen LogP contribution in [0, 0.1) is 11.8 Å². The van der Waals surface area contributed by atoms with Gasteiger partial charge in [0.05, 0.1) is 18.7 Å². The molecule has 1 N–H and O–H groups in total. The quantitative estimate of drug-likeness (QED) is 0.658. The molecule has 6 rings (SSSR count). The largest absolute Gasteiger partial charge is 0.497 e. The van der Waals surface area contributed by atoms with Crippen molar-refractivity contribution < 1.29 is 9.84 Å². The summed E-state index contributed by atoms with van der Waals surface area (Å²) in [5, 5.41) is 12.8. The highest BCUT2D eigenvalue weighted by Gasteiger charge is 2.42. The average molecular weight is 421 g/mol. The highest BCUT2D eigenvalue weighted by molar-refractivity contribution is 5.84. The first kappa shape index (κ1) is 21.0. The molecule has 166 valence electrons. The van der Waals surface area contributed by atoms with Crippen LogP contribution >= 0.6 is 0 Å². The van der Waals surface area contributed by atoms with E-state index in [-0.39, 0.29) is 11.5 Å². The van der Waals surface area contributed by atoms with Crippen molar-refractivity contribution in [3.8, 4) is 5.75 Å². The summed E-state index contributed by atoms with van der Waals surface area (Å²) >= 11 is 0. The number of hydrogen-bond acceptors (Lipinski definition) is 4. The van der Waals surface area contributed by atoms with Gasteiger partial charge in [0, 0.05) is 29.1 Å². The van der Waals surface area contributed by atoms with Crippen molar-refractivity contribution >= 4 is 10.9 Å². The van der Waals surface area contributed by atoms with Crippen LogP contribution < -0.4 is 4.74 Å². The molecule has 0 radical (unpaired) electrons. The van der Waals surface area contributed by atoms with Gasteiger partial charge < -0.3 is 9.84 Å². The fraction of sp³-hybridized carbons (Fsp3) is 0.593. The topological polar surface area (TPSA) is 45.6 Å². The van der Waals surface area contributed by atoms with Gasteiger partial charge in [-0.25, -0.2) is 0 Å². The molecule has 3 aliphatic heterocycles. The molecule has 4 heterocycles. The number of pyridine rings is 1. The van der Waals surface area contributed by atoms with Crippen LogP contribution in [0.1, 0.15) is 69.2 Å². The van der Waals surface area contributed by atoms with Gasteiger partial charge in [0.25, 0.3) is 0 Å². The molecule has 4 heteroatoms. The monoisotopic (exact) mass is 420 g/mol. The van der Waals surface area contributed by atoms with E-state index in [2.05, 4.69) is 42.7 Å². The smallest absolute Gasteiger partial charge is 0.119 e. The van der Waals surface area contributed by atoms with Gasteiger partial charge in [-0.2, -0.15) is 0 Å². The van der Waals surface area contributed by atoms with Gasteiger partial charge in [-0.3, -0.25) is 9.88 Å². The molecule has 1 aromatic heterocycles. The van der Waals surface area contributed by atoms with Crippen molar-refractivity contribution in [3.05, 3.63) is 48.2 Å². The van der Waals surface area contributed by atoms with Crippen LogP contribution in [-0.2, 0) is 5.41 Å². The van der Waals surface area contributed by atoms with Crippen LogP contribution in [0.25, 0.3) is 10.9 Å². The normalized spacial score (nSPS) is 30.8. The third kappa shape index (κ3) is 3.68. The second kappa shape index (κ2) is 8.22. The maximum atomic E-state index is 11.8. The van der Waals surface area contributed by atoms with Crippen LogP contribution in [0.4, 0.5) is 0 Å². The average Bonchev–Trinajstić information content (AvgIpc) is 2.83. The molecule has 3 saturated heterocycles. The van der Waals surface area contributed by atoms with E-state index in [0.717, 1.165) is 47.4 Å². The fourth-order valence-electron chi connectivity index (χ4n) is 6.41. The van der Waals surface area contributed by atoms with Gasteiger partial charge in [-0.15, -0.1) is 6.58 Å². The summed E-state index contributed by atoms with van der Waals surface area (Å²) in [6, 6.07) is 8.49. The van der Waals surface area contributed by atoms with Crippen LogP contribution in [0.2, 0.25) is 0 Å². The lowest BCUT2D eigenvalue weighted by atomic mass is 9.71. The van der Waals surface area contributed by atoms with Crippen LogP contribution in [0.15, 0.2) is 36.9 Å². The lowest BCUT2D eigenvalue weighted by molar-refractivity contribution is -0.0445. The van der Waals surface area contributed by atoms with E-state index in [1.54, 1.807) is 7.11 Å². The first-order valence-corrected chi connectivity index (χ1v) is 12.1. The Kier molecular flexibility index (Phi) is 5.56. The van der Waals surface area contributed by atoms with E-state index < -0.39 is 6.10 Å². The van der Waals surface area contributed by atoms with Crippen molar-refractivity contribution in [1.82, 2.24) is 9.88 Å². The van der Waals surface area contributed by atoms with Crippen LogP contribution in [0.5, 0.6) is 5.75 Å². The molecule has 1 aliphatic carbocycles. The minimum Gasteiger partial charge on any atom is -0.497 e. The van der Waals surface area contributed by atoms with E-state index in [0.29, 0.717) is 11.8 Å². The second-order valence-corrected chi connectivity index (χ2v) is 10.3. The fourth-order valence-corrected chi connectivity index (χ4v) is 6.41. The molecule has 1 saturated carbocycles. The molecule has 4 aliphatic rings. The molecule has 1 aromatic carbocycles. The summed E-state index contributed by atoms with van der Waals surface area (Å²) in [6.07, 6.45) is 10.1. The number of nitrogens with zero attached hydrogens (tertiary/aromatic N) is 2. The second-order valence-electron chi connectivity index (χ2n) is 10.3. The number of fused-ring (bicyclic) bond motifs is 4. The Hall–Kier alpha value is -1.91. The predicted molar refractivity (Wildman–Crippen MR) is 125 cm³/mol. The standard InChI is InChI=1S/C27H36N2O2/c1-4-18-17-29-13-10-19(18)14-24(29)26(30)22-16-25(27(2)11-6-5-7-12-27)28-23-9-8-20(31-3)15-21(22)23/h4,8-9,15-16,18-19,24,26,30H,1,5-7,10-14,17H2,2-3H3/t18-,19-,24-,26-/m0/s1. The van der Waals surface area contributed by atoms with Crippen LogP contribution in [-0.4, -0.2) is 41.2 Å². The lowest BCUT2D eigenvalue weighted by Crippen LogP contribution is -2.54. The number of aliphatic hydroxyl groups is 1. The van der Waals surface area contributed by atoms with Gasteiger partial charge in [0.1, 0.15) is 5.75 Å². The van der Waals surface area contributed by atoms with Gasteiger partial charge >= 0.3 is 0 Å². The van der Waals surface area contributed by atoms with Gasteiger partial charge in [0.15, 0.2) is 0 Å². The Morgan fingerprint density at radius 1 is 1.26 bits per heavy atom. The number of aromatic nitrogens is 1. The van der Waals surface area contributed by atoms with Crippen molar-refractivity contribution in [2.45, 2.75) is 69.4 Å². The minimum atomic E-state index is -0.517. The highest BCUT2D eigenvalue weighted by atomic mass is 16.5. The van der Waals surface area contributed by atoms with Crippen molar-refractivity contribution in [1.29, 1.82) is 0 Å². The Morgan fingerprint density at radius 2 is 2.06 bits per heavy atom. The van der Waals surface area contributed by atoms with E-state index in [9.17, 15) is 5.11 Å². The summed E-state index contributed by atoms with van der Waals surface area (Å²) in [5.41, 5.74) is 3.25. The first-order chi connectivity index (χ1) is 15.0. The third-order valence-corrected chi connectivity index (χ3v) is 8.46. The molecule has 4 nitrogen and oxygen atoms in total. The van der Waals surface area contributed by atoms with Gasteiger partial charge in [0.2, 0.25) is 0 Å². The SMILES string of the molecule is C=C[C@H]1CN2CC[C@H]1C[C@H]2[C@@H](O)c1cc(C2(C)CCCCC2)nc2ccc(OC)cc12. The molecule has 0 amide bonds. The molecular formula is C27H36N2O2. The maximum Gasteiger partial charge on any atom is 0.119 e. The number of rotatable bonds is 5. The van der Waals surface area contributed by atoms with E-state index in [1.165, 1.54) is 38.5 Å². The van der Waals surface area contributed by atoms with Gasteiger partial charge in [-0.1, -0.05) is 32.3 Å². The summed E-state index contributed by atoms with van der Waals surface area (Å²) in [6.45, 7) is 8.51. The molecule has 4 fully saturated rings. The highest BCUT2D eigenvalue weighted by Crippen LogP contribution is 2.44. The summed E-state index contributed by atoms with van der Waals surface area (Å²) in [7, 11) is 1.70. The zero-order chi connectivity index (χ0) is 21.6. The number of piperidine rings is 3. The maximum absolute atomic E-state index is 11.8. The molecule has 1 unspecified atom stereocenters. The number of hydrogen-bond donors (Lipinski definition) is 1. The number of ether oxygens (including phenoxy) is 1. The third-order valence-electron chi connectivity index (χ3n) is 8.46. The van der Waals surface area contributed by atoms with Gasteiger partial charge in [-0.05, 0) is 73.9 Å². The predicted octanol–water partition coefficient (Wildman–Crippen LogP) is 5.40.